The third-order valence-electron chi connectivity index (χ3n) is 11.8. The fraction of sp³-hybridized carbons (Fsp3) is 0.0476. The first-order valence-corrected chi connectivity index (χ1v) is 16.6. The maximum Gasteiger partial charge on any atom is 0.416 e. The van der Waals surface area contributed by atoms with Crippen LogP contribution in [0.1, 0.15) is 11.1 Å². The lowest BCUT2D eigenvalue weighted by molar-refractivity contribution is -0.138. The number of alkyl halides is 6. The summed E-state index contributed by atoms with van der Waals surface area (Å²) in [4.78, 5) is 0. The number of hydrogen-bond acceptors (Lipinski definition) is 0. The number of rotatable bonds is 0. The maximum atomic E-state index is 14.4. The minimum Gasteiger partial charge on any atom is -0.166 e. The van der Waals surface area contributed by atoms with Gasteiger partial charge in [0, 0.05) is 0 Å². The summed E-state index contributed by atoms with van der Waals surface area (Å²) in [7, 11) is 0. The Morgan fingerprint density at radius 3 is 1.12 bits per heavy atom. The lowest BCUT2D eigenvalue weighted by Gasteiger charge is -2.31. The fourth-order valence-electron chi connectivity index (χ4n) is 10.1. The average molecular weight is 658 g/mol. The summed E-state index contributed by atoms with van der Waals surface area (Å²) >= 11 is 0. The molecule has 0 amide bonds. The van der Waals surface area contributed by atoms with Crippen molar-refractivity contribution in [2.45, 2.75) is 12.4 Å². The van der Waals surface area contributed by atoms with E-state index in [0.717, 1.165) is 87.3 Å². The third-order valence-corrected chi connectivity index (χ3v) is 11.8. The van der Waals surface area contributed by atoms with Gasteiger partial charge in [-0.15, -0.1) is 0 Å². The first kappa shape index (κ1) is 27.3. The van der Waals surface area contributed by atoms with E-state index in [1.54, 1.807) is 0 Å². The molecule has 0 fully saturated rings. The van der Waals surface area contributed by atoms with Crippen molar-refractivity contribution < 1.29 is 26.3 Å². The lowest BCUT2D eigenvalue weighted by Crippen LogP contribution is -2.52. The van der Waals surface area contributed by atoms with Crippen LogP contribution >= 0.6 is 0 Å². The molecule has 0 saturated heterocycles. The molecule has 0 bridgehead atoms. The molecule has 4 aliphatic heterocycles. The van der Waals surface area contributed by atoms with Crippen LogP contribution in [-0.4, -0.2) is 13.4 Å². The highest BCUT2D eigenvalue weighted by atomic mass is 19.4. The summed E-state index contributed by atoms with van der Waals surface area (Å²) in [6.45, 7) is -0.488. The third kappa shape index (κ3) is 3.07. The summed E-state index contributed by atoms with van der Waals surface area (Å²) in [5, 5.41) is 5.68. The van der Waals surface area contributed by atoms with Crippen LogP contribution < -0.4 is 32.8 Å². The Balaban J connectivity index is 1.25. The van der Waals surface area contributed by atoms with Gasteiger partial charge in [0.25, 0.3) is 0 Å². The Morgan fingerprint density at radius 2 is 0.720 bits per heavy atom. The molecule has 0 aliphatic carbocycles. The maximum absolute atomic E-state index is 14.4. The predicted molar refractivity (Wildman–Crippen MR) is 191 cm³/mol. The van der Waals surface area contributed by atoms with Crippen LogP contribution in [0.3, 0.4) is 0 Å². The Kier molecular flexibility index (Phi) is 4.62. The average Bonchev–Trinajstić information content (AvgIpc) is 3.62. The number of halogens is 6. The fourth-order valence-corrected chi connectivity index (χ4v) is 10.1. The van der Waals surface area contributed by atoms with Gasteiger partial charge < -0.3 is 0 Å². The van der Waals surface area contributed by atoms with E-state index < -0.39 is 23.5 Å². The van der Waals surface area contributed by atoms with E-state index in [2.05, 4.69) is 12.1 Å². The van der Waals surface area contributed by atoms with Crippen LogP contribution in [0.25, 0.3) is 76.8 Å². The van der Waals surface area contributed by atoms with Gasteiger partial charge in [0.15, 0.2) is 0 Å². The van der Waals surface area contributed by atoms with E-state index in [1.807, 2.05) is 72.8 Å². The molecule has 0 nitrogen and oxygen atoms in total. The van der Waals surface area contributed by atoms with Gasteiger partial charge in [0.1, 0.15) is 0 Å². The van der Waals surface area contributed by atoms with Crippen LogP contribution in [0.2, 0.25) is 0 Å². The van der Waals surface area contributed by atoms with Gasteiger partial charge in [0.05, 0.1) is 11.1 Å². The summed E-state index contributed by atoms with van der Waals surface area (Å²) in [5.74, 6) is 0. The summed E-state index contributed by atoms with van der Waals surface area (Å²) in [6, 6.07) is 33.0. The van der Waals surface area contributed by atoms with Crippen LogP contribution in [0.15, 0.2) is 109 Å². The van der Waals surface area contributed by atoms with E-state index in [-0.39, 0.29) is 13.4 Å². The zero-order valence-corrected chi connectivity index (χ0v) is 25.8. The van der Waals surface area contributed by atoms with Crippen molar-refractivity contribution in [2.75, 3.05) is 0 Å². The SMILES string of the molecule is FC(F)(F)c1cc2c3c(c1)-c1ccc4cc5c6c(ccc7cc(c1c4c76)B3c1ccccc1-2)-c1cc(C(F)(F)F)cc2c1B5c1ccccc1-2. The molecule has 4 heterocycles. The Morgan fingerprint density at radius 1 is 0.340 bits per heavy atom. The van der Waals surface area contributed by atoms with Gasteiger partial charge in [-0.3, -0.25) is 0 Å². The van der Waals surface area contributed by atoms with Gasteiger partial charge >= 0.3 is 12.4 Å². The van der Waals surface area contributed by atoms with Gasteiger partial charge in [0.2, 0.25) is 13.4 Å². The second kappa shape index (κ2) is 8.44. The van der Waals surface area contributed by atoms with Crippen molar-refractivity contribution in [3.63, 3.8) is 0 Å². The van der Waals surface area contributed by atoms with Crippen molar-refractivity contribution in [2.24, 2.45) is 0 Å². The quantitative estimate of drug-likeness (QED) is 0.0897. The zero-order valence-electron chi connectivity index (χ0n) is 25.8. The van der Waals surface area contributed by atoms with Crippen molar-refractivity contribution >= 4 is 78.5 Å². The summed E-state index contributed by atoms with van der Waals surface area (Å²) in [5.41, 5.74) is 10.0. The number of hydrogen-bond donors (Lipinski definition) is 0. The molecule has 0 N–H and O–H groups in total. The van der Waals surface area contributed by atoms with Crippen LogP contribution in [-0.2, 0) is 12.4 Å². The molecule has 12 rings (SSSR count). The number of fused-ring (bicyclic) bond motifs is 10. The first-order chi connectivity index (χ1) is 24.1. The standard InChI is InChI=1S/C42H18B2F6/c45-41(46,47)21-15-27-23-5-1-3-7-31(23)43-33-13-19-10-12-26-30-18-22(42(48,49)50)16-28-24-6-2-4-8-32(24)44(40(28)30)34-14-20-9-11-25(29(17-21)39(27)43)37(33)35(20)36(19)38(26)34/h1-18H. The largest absolute Gasteiger partial charge is 0.416 e. The molecule has 0 spiro atoms. The normalized spacial score (nSPS) is 14.5. The van der Waals surface area contributed by atoms with Crippen LogP contribution in [0, 0.1) is 0 Å². The molecule has 234 valence electrons. The van der Waals surface area contributed by atoms with E-state index >= 15 is 0 Å². The van der Waals surface area contributed by atoms with Crippen molar-refractivity contribution in [1.29, 1.82) is 0 Å². The second-order valence-corrected chi connectivity index (χ2v) is 14.1. The van der Waals surface area contributed by atoms with Gasteiger partial charge in [-0.1, -0.05) is 118 Å². The van der Waals surface area contributed by atoms with Crippen LogP contribution in [0.4, 0.5) is 26.3 Å². The predicted octanol–water partition coefficient (Wildman–Crippen LogP) is 7.58. The summed E-state index contributed by atoms with van der Waals surface area (Å²) < 4.78 is 86.7. The van der Waals surface area contributed by atoms with Gasteiger partial charge in [-0.05, 0) is 101 Å². The van der Waals surface area contributed by atoms with E-state index in [0.29, 0.717) is 22.3 Å². The Labute approximate surface area is 281 Å². The minimum absolute atomic E-state index is 0.244. The van der Waals surface area contributed by atoms with Crippen molar-refractivity contribution in [3.05, 3.63) is 120 Å². The molecule has 0 saturated carbocycles. The highest BCUT2D eigenvalue weighted by Gasteiger charge is 2.46. The molecule has 0 atom stereocenters. The van der Waals surface area contributed by atoms with E-state index in [4.69, 9.17) is 0 Å². The number of benzene rings is 8. The van der Waals surface area contributed by atoms with E-state index in [1.165, 1.54) is 24.3 Å². The molecule has 8 aromatic carbocycles. The zero-order chi connectivity index (χ0) is 33.6. The van der Waals surface area contributed by atoms with Crippen molar-refractivity contribution in [1.82, 2.24) is 0 Å². The monoisotopic (exact) mass is 658 g/mol. The van der Waals surface area contributed by atoms with Gasteiger partial charge in [-0.25, -0.2) is 0 Å². The topological polar surface area (TPSA) is 0 Å². The molecule has 8 aromatic rings. The molecular weight excluding hydrogens is 640 g/mol. The molecule has 8 heteroatoms. The first-order valence-electron chi connectivity index (χ1n) is 16.6. The molecule has 0 aromatic heterocycles. The Bertz CT molecular complexity index is 2720. The highest BCUT2D eigenvalue weighted by Crippen LogP contribution is 2.48. The summed E-state index contributed by atoms with van der Waals surface area (Å²) in [6.07, 6.45) is -9.05. The molecular formula is C42H18B2F6. The van der Waals surface area contributed by atoms with Crippen LogP contribution in [0.5, 0.6) is 0 Å². The molecule has 4 aliphatic rings. The van der Waals surface area contributed by atoms with Gasteiger partial charge in [-0.2, -0.15) is 26.3 Å². The highest BCUT2D eigenvalue weighted by molar-refractivity contribution is 7.03. The lowest BCUT2D eigenvalue weighted by atomic mass is 9.34. The molecule has 0 radical (unpaired) electrons. The molecule has 50 heavy (non-hydrogen) atoms. The second-order valence-electron chi connectivity index (χ2n) is 14.1. The minimum atomic E-state index is -4.53. The Hall–Kier alpha value is -5.49. The smallest absolute Gasteiger partial charge is 0.166 e. The van der Waals surface area contributed by atoms with E-state index in [9.17, 15) is 26.3 Å². The van der Waals surface area contributed by atoms with Crippen molar-refractivity contribution in [3.8, 4) is 44.5 Å². The molecule has 0 unspecified atom stereocenters.